The monoisotopic (exact) mass is 386 g/mol. The summed E-state index contributed by atoms with van der Waals surface area (Å²) in [6, 6.07) is 0. The summed E-state index contributed by atoms with van der Waals surface area (Å²) < 4.78 is 5.16. The zero-order chi connectivity index (χ0) is 19.8. The Kier molecular flexibility index (Phi) is 5.96. The summed E-state index contributed by atoms with van der Waals surface area (Å²) in [7, 11) is 0. The van der Waals surface area contributed by atoms with E-state index < -0.39 is 0 Å². The Morgan fingerprint density at radius 1 is 1.00 bits per heavy atom. The maximum absolute atomic E-state index is 11.8. The molecule has 4 fully saturated rings. The van der Waals surface area contributed by atoms with Crippen molar-refractivity contribution in [2.75, 3.05) is 6.61 Å². The molecule has 0 aromatic rings. The maximum atomic E-state index is 11.8. The van der Waals surface area contributed by atoms with Gasteiger partial charge in [-0.25, -0.2) is 0 Å². The van der Waals surface area contributed by atoms with Crippen LogP contribution in [-0.4, -0.2) is 12.6 Å². The van der Waals surface area contributed by atoms with Gasteiger partial charge in [-0.2, -0.15) is 0 Å². The van der Waals surface area contributed by atoms with Crippen LogP contribution in [0.2, 0.25) is 0 Å². The first kappa shape index (κ1) is 20.5. The third kappa shape index (κ3) is 3.47. The maximum Gasteiger partial charge on any atom is 0.306 e. The SMILES string of the molecule is C=CCOC(=O)CCCC1CCC2C3CCC4CCCCC4(C)C3CCC12C. The molecule has 4 saturated carbocycles. The Morgan fingerprint density at radius 3 is 2.64 bits per heavy atom. The minimum Gasteiger partial charge on any atom is -0.461 e. The highest BCUT2D eigenvalue weighted by Crippen LogP contribution is 2.67. The van der Waals surface area contributed by atoms with Gasteiger partial charge in [0.1, 0.15) is 6.61 Å². The van der Waals surface area contributed by atoms with E-state index in [2.05, 4.69) is 20.4 Å². The molecule has 4 rings (SSSR count). The molecule has 158 valence electrons. The van der Waals surface area contributed by atoms with Crippen LogP contribution >= 0.6 is 0 Å². The third-order valence-electron chi connectivity index (χ3n) is 10.1. The summed E-state index contributed by atoms with van der Waals surface area (Å²) in [5.74, 6) is 4.72. The Morgan fingerprint density at radius 2 is 1.82 bits per heavy atom. The van der Waals surface area contributed by atoms with Crippen molar-refractivity contribution in [3.8, 4) is 0 Å². The summed E-state index contributed by atoms with van der Waals surface area (Å²) in [6.45, 7) is 9.27. The van der Waals surface area contributed by atoms with Crippen LogP contribution in [0.1, 0.15) is 97.3 Å². The van der Waals surface area contributed by atoms with Crippen LogP contribution in [0.25, 0.3) is 0 Å². The van der Waals surface area contributed by atoms with Gasteiger partial charge in [0, 0.05) is 6.42 Å². The van der Waals surface area contributed by atoms with Gasteiger partial charge in [-0.15, -0.1) is 0 Å². The van der Waals surface area contributed by atoms with E-state index in [0.717, 1.165) is 36.0 Å². The number of hydrogen-bond donors (Lipinski definition) is 0. The topological polar surface area (TPSA) is 26.3 Å². The zero-order valence-electron chi connectivity index (χ0n) is 18.4. The minimum atomic E-state index is -0.0492. The molecule has 7 atom stereocenters. The van der Waals surface area contributed by atoms with Crippen molar-refractivity contribution >= 4 is 5.97 Å². The number of carbonyl (C=O) groups excluding carboxylic acids is 1. The Labute approximate surface area is 172 Å². The molecule has 2 nitrogen and oxygen atoms in total. The molecule has 0 amide bonds. The van der Waals surface area contributed by atoms with Crippen molar-refractivity contribution in [1.29, 1.82) is 0 Å². The standard InChI is InChI=1S/C26H42O2/c1-4-18-28-24(27)10-7-9-20-12-14-22-21-13-11-19-8-5-6-16-25(19,2)23(21)15-17-26(20,22)3/h4,19-23H,1,5-18H2,2-3H3. The highest BCUT2D eigenvalue weighted by Gasteiger charge is 2.59. The van der Waals surface area contributed by atoms with E-state index in [9.17, 15) is 4.79 Å². The molecule has 28 heavy (non-hydrogen) atoms. The molecule has 0 heterocycles. The van der Waals surface area contributed by atoms with Gasteiger partial charge >= 0.3 is 5.97 Å². The van der Waals surface area contributed by atoms with Crippen molar-refractivity contribution in [3.05, 3.63) is 12.7 Å². The smallest absolute Gasteiger partial charge is 0.306 e. The van der Waals surface area contributed by atoms with Crippen LogP contribution in [0, 0.1) is 40.4 Å². The number of carbonyl (C=O) groups is 1. The summed E-state index contributed by atoms with van der Waals surface area (Å²) in [6.07, 6.45) is 19.2. The lowest BCUT2D eigenvalue weighted by Gasteiger charge is -2.60. The van der Waals surface area contributed by atoms with Crippen molar-refractivity contribution in [2.45, 2.75) is 97.3 Å². The molecular formula is C26H42O2. The molecule has 0 aliphatic heterocycles. The molecule has 0 aromatic heterocycles. The molecule has 0 radical (unpaired) electrons. The number of fused-ring (bicyclic) bond motifs is 5. The van der Waals surface area contributed by atoms with E-state index in [1.807, 2.05) is 0 Å². The van der Waals surface area contributed by atoms with Gasteiger partial charge in [0.2, 0.25) is 0 Å². The van der Waals surface area contributed by atoms with Gasteiger partial charge in [0.05, 0.1) is 0 Å². The highest BCUT2D eigenvalue weighted by atomic mass is 16.5. The highest BCUT2D eigenvalue weighted by molar-refractivity contribution is 5.69. The largest absolute Gasteiger partial charge is 0.461 e. The molecule has 0 N–H and O–H groups in total. The molecular weight excluding hydrogens is 344 g/mol. The number of esters is 1. The first-order valence-electron chi connectivity index (χ1n) is 12.3. The molecule has 0 saturated heterocycles. The van der Waals surface area contributed by atoms with Gasteiger partial charge in [0.25, 0.3) is 0 Å². The van der Waals surface area contributed by atoms with E-state index in [4.69, 9.17) is 4.74 Å². The lowest BCUT2D eigenvalue weighted by Crippen LogP contribution is -2.52. The molecule has 7 unspecified atom stereocenters. The van der Waals surface area contributed by atoms with Crippen LogP contribution in [0.3, 0.4) is 0 Å². The predicted molar refractivity (Wildman–Crippen MR) is 115 cm³/mol. The van der Waals surface area contributed by atoms with Crippen molar-refractivity contribution in [2.24, 2.45) is 40.4 Å². The lowest BCUT2D eigenvalue weighted by molar-refractivity contribution is -0.142. The third-order valence-corrected chi connectivity index (χ3v) is 10.1. The number of rotatable bonds is 6. The molecule has 0 spiro atoms. The fourth-order valence-corrected chi connectivity index (χ4v) is 8.60. The van der Waals surface area contributed by atoms with Crippen molar-refractivity contribution in [1.82, 2.24) is 0 Å². The van der Waals surface area contributed by atoms with E-state index in [-0.39, 0.29) is 5.97 Å². The van der Waals surface area contributed by atoms with Crippen LogP contribution in [0.4, 0.5) is 0 Å². The molecule has 0 aromatic carbocycles. The Balaban J connectivity index is 1.38. The van der Waals surface area contributed by atoms with Gasteiger partial charge in [-0.05, 0) is 105 Å². The van der Waals surface area contributed by atoms with Gasteiger partial charge in [-0.1, -0.05) is 39.3 Å². The van der Waals surface area contributed by atoms with Crippen LogP contribution in [0.15, 0.2) is 12.7 Å². The summed E-state index contributed by atoms with van der Waals surface area (Å²) in [5, 5.41) is 0. The van der Waals surface area contributed by atoms with E-state index in [1.54, 1.807) is 6.08 Å². The fraction of sp³-hybridized carbons (Fsp3) is 0.885. The fourth-order valence-electron chi connectivity index (χ4n) is 8.60. The minimum absolute atomic E-state index is 0.0492. The molecule has 2 heteroatoms. The average Bonchev–Trinajstić information content (AvgIpc) is 3.02. The predicted octanol–water partition coefficient (Wildman–Crippen LogP) is 6.93. The van der Waals surface area contributed by atoms with Crippen LogP contribution in [0.5, 0.6) is 0 Å². The second kappa shape index (κ2) is 8.15. The Bertz CT molecular complexity index is 583. The van der Waals surface area contributed by atoms with Gasteiger partial charge < -0.3 is 4.74 Å². The van der Waals surface area contributed by atoms with Crippen LogP contribution < -0.4 is 0 Å². The first-order chi connectivity index (χ1) is 13.5. The number of ether oxygens (including phenoxy) is 1. The second-order valence-corrected chi connectivity index (χ2v) is 11.1. The van der Waals surface area contributed by atoms with Crippen molar-refractivity contribution < 1.29 is 9.53 Å². The average molecular weight is 387 g/mol. The summed E-state index contributed by atoms with van der Waals surface area (Å²) in [4.78, 5) is 11.8. The van der Waals surface area contributed by atoms with Gasteiger partial charge in [0.15, 0.2) is 0 Å². The van der Waals surface area contributed by atoms with E-state index in [0.29, 0.717) is 23.9 Å². The van der Waals surface area contributed by atoms with Crippen molar-refractivity contribution in [3.63, 3.8) is 0 Å². The van der Waals surface area contributed by atoms with Crippen LogP contribution in [-0.2, 0) is 9.53 Å². The number of hydrogen-bond acceptors (Lipinski definition) is 2. The molecule has 4 aliphatic carbocycles. The Hall–Kier alpha value is -0.790. The summed E-state index contributed by atoms with van der Waals surface area (Å²) >= 11 is 0. The zero-order valence-corrected chi connectivity index (χ0v) is 18.4. The lowest BCUT2D eigenvalue weighted by atomic mass is 9.45. The van der Waals surface area contributed by atoms with E-state index >= 15 is 0 Å². The normalized spacial score (nSPS) is 44.9. The first-order valence-corrected chi connectivity index (χ1v) is 12.3. The molecule has 0 bridgehead atoms. The van der Waals surface area contributed by atoms with Gasteiger partial charge in [-0.3, -0.25) is 4.79 Å². The quantitative estimate of drug-likeness (QED) is 0.365. The second-order valence-electron chi connectivity index (χ2n) is 11.1. The summed E-state index contributed by atoms with van der Waals surface area (Å²) in [5.41, 5.74) is 1.18. The van der Waals surface area contributed by atoms with E-state index in [1.165, 1.54) is 70.6 Å². The molecule has 4 aliphatic rings.